The van der Waals surface area contributed by atoms with E-state index < -0.39 is 0 Å². The summed E-state index contributed by atoms with van der Waals surface area (Å²) in [7, 11) is 2.12. The van der Waals surface area contributed by atoms with Gasteiger partial charge in [0, 0.05) is 19.1 Å². The average Bonchev–Trinajstić information content (AvgIpc) is 2.89. The number of piperazine rings is 1. The molecule has 0 aliphatic carbocycles. The minimum absolute atomic E-state index is 0.131. The third kappa shape index (κ3) is 3.32. The molecule has 0 saturated carbocycles. The van der Waals surface area contributed by atoms with Gasteiger partial charge in [-0.3, -0.25) is 9.59 Å². The molecule has 2 rings (SSSR count). The molecule has 0 aromatic heterocycles. The van der Waals surface area contributed by atoms with Crippen LogP contribution in [0.1, 0.15) is 39.5 Å². The molecule has 0 N–H and O–H groups in total. The maximum absolute atomic E-state index is 12.3. The maximum Gasteiger partial charge on any atom is 0.245 e. The van der Waals surface area contributed by atoms with E-state index in [1.54, 1.807) is 9.80 Å². The third-order valence-corrected chi connectivity index (χ3v) is 4.57. The number of unbranched alkanes of at least 4 members (excludes halogenated alkanes) is 1. The Morgan fingerprint density at radius 3 is 2.75 bits per heavy atom. The van der Waals surface area contributed by atoms with Crippen molar-refractivity contribution in [3.63, 3.8) is 0 Å². The van der Waals surface area contributed by atoms with Crippen molar-refractivity contribution in [1.29, 1.82) is 0 Å². The Morgan fingerprint density at radius 1 is 1.30 bits per heavy atom. The second kappa shape index (κ2) is 6.57. The largest absolute Gasteiger partial charge is 0.332 e. The van der Waals surface area contributed by atoms with Gasteiger partial charge in [-0.15, -0.1) is 0 Å². The summed E-state index contributed by atoms with van der Waals surface area (Å²) in [6, 6.07) is 0.398. The van der Waals surface area contributed by atoms with Crippen molar-refractivity contribution in [3.05, 3.63) is 0 Å². The van der Waals surface area contributed by atoms with Crippen LogP contribution in [-0.2, 0) is 9.59 Å². The van der Waals surface area contributed by atoms with Crippen LogP contribution in [0.2, 0.25) is 0 Å². The highest BCUT2D eigenvalue weighted by molar-refractivity contribution is 5.95. The Kier molecular flexibility index (Phi) is 5.02. The number of nitrogens with zero attached hydrogens (tertiary/aromatic N) is 3. The third-order valence-electron chi connectivity index (χ3n) is 4.57. The summed E-state index contributed by atoms with van der Waals surface area (Å²) in [6.07, 6.45) is 3.86. The zero-order valence-electron chi connectivity index (χ0n) is 13.0. The first kappa shape index (κ1) is 15.3. The van der Waals surface area contributed by atoms with Crippen LogP contribution in [0.4, 0.5) is 0 Å². The molecule has 2 aliphatic heterocycles. The van der Waals surface area contributed by atoms with Crippen LogP contribution < -0.4 is 0 Å². The quantitative estimate of drug-likeness (QED) is 0.681. The lowest BCUT2D eigenvalue weighted by atomic mass is 10.1. The SMILES string of the molecule is CC(C)N(C)CCCCN1CC(=O)N2CCCC2C1=O. The number of carbonyl (C=O) groups excluding carboxylic acids is 2. The van der Waals surface area contributed by atoms with Gasteiger partial charge in [0.25, 0.3) is 0 Å². The van der Waals surface area contributed by atoms with Gasteiger partial charge >= 0.3 is 0 Å². The van der Waals surface area contributed by atoms with Gasteiger partial charge in [-0.2, -0.15) is 0 Å². The number of fused-ring (bicyclic) bond motifs is 1. The Morgan fingerprint density at radius 2 is 2.05 bits per heavy atom. The Balaban J connectivity index is 1.76. The van der Waals surface area contributed by atoms with E-state index in [-0.39, 0.29) is 24.4 Å². The lowest BCUT2D eigenvalue weighted by molar-refractivity contribution is -0.153. The standard InChI is InChI=1S/C15H27N3O2/c1-12(2)16(3)8-4-5-9-17-11-14(19)18-10-6-7-13(18)15(17)20/h12-13H,4-11H2,1-3H3. The fraction of sp³-hybridized carbons (Fsp3) is 0.867. The Bertz CT molecular complexity index is 370. The minimum Gasteiger partial charge on any atom is -0.332 e. The molecule has 2 amide bonds. The molecule has 0 aromatic rings. The molecule has 2 fully saturated rings. The van der Waals surface area contributed by atoms with Crippen molar-refractivity contribution in [1.82, 2.24) is 14.7 Å². The monoisotopic (exact) mass is 281 g/mol. The van der Waals surface area contributed by atoms with Crippen molar-refractivity contribution in [2.45, 2.75) is 51.6 Å². The first-order valence-electron chi connectivity index (χ1n) is 7.79. The Hall–Kier alpha value is -1.10. The maximum atomic E-state index is 12.3. The van der Waals surface area contributed by atoms with Gasteiger partial charge in [0.05, 0.1) is 6.54 Å². The molecule has 2 heterocycles. The summed E-state index contributed by atoms with van der Waals surface area (Å²) in [5, 5.41) is 0. The van der Waals surface area contributed by atoms with Crippen LogP contribution in [-0.4, -0.2) is 71.8 Å². The number of rotatable bonds is 6. The molecular weight excluding hydrogens is 254 g/mol. The summed E-state index contributed by atoms with van der Waals surface area (Å²) in [5.74, 6) is 0.297. The van der Waals surface area contributed by atoms with Crippen LogP contribution in [0.25, 0.3) is 0 Å². The molecule has 0 radical (unpaired) electrons. The van der Waals surface area contributed by atoms with E-state index in [9.17, 15) is 9.59 Å². The first-order valence-corrected chi connectivity index (χ1v) is 7.79. The molecule has 2 aliphatic rings. The second-order valence-corrected chi connectivity index (χ2v) is 6.29. The van der Waals surface area contributed by atoms with E-state index in [2.05, 4.69) is 25.8 Å². The second-order valence-electron chi connectivity index (χ2n) is 6.29. The molecule has 5 heteroatoms. The van der Waals surface area contributed by atoms with E-state index >= 15 is 0 Å². The van der Waals surface area contributed by atoms with Crippen molar-refractivity contribution < 1.29 is 9.59 Å². The van der Waals surface area contributed by atoms with Crippen molar-refractivity contribution in [3.8, 4) is 0 Å². The minimum atomic E-state index is -0.158. The fourth-order valence-corrected chi connectivity index (χ4v) is 2.98. The molecular formula is C15H27N3O2. The summed E-state index contributed by atoms with van der Waals surface area (Å²) in [5.41, 5.74) is 0. The van der Waals surface area contributed by atoms with Gasteiger partial charge < -0.3 is 14.7 Å². The number of hydrogen-bond acceptors (Lipinski definition) is 3. The van der Waals surface area contributed by atoms with Crippen molar-refractivity contribution in [2.75, 3.05) is 33.2 Å². The molecule has 114 valence electrons. The smallest absolute Gasteiger partial charge is 0.245 e. The Labute approximate surface area is 121 Å². The van der Waals surface area contributed by atoms with E-state index in [4.69, 9.17) is 0 Å². The summed E-state index contributed by atoms with van der Waals surface area (Å²) < 4.78 is 0. The molecule has 0 bridgehead atoms. The highest BCUT2D eigenvalue weighted by Gasteiger charge is 2.41. The van der Waals surface area contributed by atoms with Gasteiger partial charge in [0.2, 0.25) is 11.8 Å². The average molecular weight is 281 g/mol. The molecule has 0 spiro atoms. The normalized spacial score (nSPS) is 23.1. The van der Waals surface area contributed by atoms with E-state index in [1.807, 2.05) is 0 Å². The van der Waals surface area contributed by atoms with Crippen molar-refractivity contribution >= 4 is 11.8 Å². The van der Waals surface area contributed by atoms with Gasteiger partial charge in [-0.05, 0) is 53.1 Å². The molecule has 1 atom stereocenters. The summed E-state index contributed by atoms with van der Waals surface area (Å²) in [6.45, 7) is 7.19. The predicted octanol–water partition coefficient (Wildman–Crippen LogP) is 0.940. The topological polar surface area (TPSA) is 43.9 Å². The van der Waals surface area contributed by atoms with Crippen molar-refractivity contribution in [2.24, 2.45) is 0 Å². The molecule has 20 heavy (non-hydrogen) atoms. The van der Waals surface area contributed by atoms with Crippen LogP contribution in [0.15, 0.2) is 0 Å². The highest BCUT2D eigenvalue weighted by atomic mass is 16.2. The van der Waals surface area contributed by atoms with E-state index in [1.165, 1.54) is 0 Å². The molecule has 5 nitrogen and oxygen atoms in total. The van der Waals surface area contributed by atoms with Gasteiger partial charge in [-0.25, -0.2) is 0 Å². The number of amides is 2. The fourth-order valence-electron chi connectivity index (χ4n) is 2.98. The number of hydrogen-bond donors (Lipinski definition) is 0. The first-order chi connectivity index (χ1) is 9.50. The lowest BCUT2D eigenvalue weighted by Crippen LogP contribution is -2.57. The predicted molar refractivity (Wildman–Crippen MR) is 78.3 cm³/mol. The number of carbonyl (C=O) groups is 2. The molecule has 2 saturated heterocycles. The zero-order chi connectivity index (χ0) is 14.7. The van der Waals surface area contributed by atoms with Crippen LogP contribution in [0.5, 0.6) is 0 Å². The van der Waals surface area contributed by atoms with Crippen LogP contribution in [0, 0.1) is 0 Å². The summed E-state index contributed by atoms with van der Waals surface area (Å²) >= 11 is 0. The van der Waals surface area contributed by atoms with Gasteiger partial charge in [-0.1, -0.05) is 0 Å². The van der Waals surface area contributed by atoms with Crippen LogP contribution in [0.3, 0.4) is 0 Å². The van der Waals surface area contributed by atoms with Crippen LogP contribution >= 0.6 is 0 Å². The highest BCUT2D eigenvalue weighted by Crippen LogP contribution is 2.23. The van der Waals surface area contributed by atoms with E-state index in [0.717, 1.165) is 45.3 Å². The molecule has 0 aromatic carbocycles. The molecule has 1 unspecified atom stereocenters. The lowest BCUT2D eigenvalue weighted by Gasteiger charge is -2.36. The zero-order valence-corrected chi connectivity index (χ0v) is 13.0. The van der Waals surface area contributed by atoms with Gasteiger partial charge in [0.15, 0.2) is 0 Å². The van der Waals surface area contributed by atoms with E-state index in [0.29, 0.717) is 6.04 Å². The van der Waals surface area contributed by atoms with Gasteiger partial charge in [0.1, 0.15) is 6.04 Å². The summed E-state index contributed by atoms with van der Waals surface area (Å²) in [4.78, 5) is 30.1.